The standard InChI is InChI=1S/C17H18N4O5.C6H11NO2/c22-11-13-7-4-9-20-14(23)8-10-19(17(26)21(13)20)18-16(25)15(24)12-5-2-1-3-6-12;1-5(9)3-6(4-8)7-2/h1-3,5-6,11,13H,4,7-10H2,(H,18,25);4,6-7H,3H2,1-2H3/t13-;6-/m00/s1. The molecule has 12 nitrogen and oxygen atoms in total. The third-order valence-electron chi connectivity index (χ3n) is 5.39. The van der Waals surface area contributed by atoms with Crippen LogP contribution >= 0.6 is 0 Å². The lowest BCUT2D eigenvalue weighted by molar-refractivity contribution is -0.151. The fourth-order valence-corrected chi connectivity index (χ4v) is 3.56. The third-order valence-corrected chi connectivity index (χ3v) is 5.39. The first-order valence-corrected chi connectivity index (χ1v) is 11.1. The average Bonchev–Trinajstić information content (AvgIpc) is 2.99. The molecule has 2 fully saturated rings. The number of carbonyl (C=O) groups is 7. The third kappa shape index (κ3) is 7.27. The molecule has 3 rings (SSSR count). The van der Waals surface area contributed by atoms with Crippen molar-refractivity contribution in [3.63, 3.8) is 0 Å². The molecule has 12 heteroatoms. The van der Waals surface area contributed by atoms with Crippen molar-refractivity contribution in [2.75, 3.05) is 20.1 Å². The Hall–Kier alpha value is -3.93. The summed E-state index contributed by atoms with van der Waals surface area (Å²) in [7, 11) is 1.65. The van der Waals surface area contributed by atoms with Crippen molar-refractivity contribution in [3.8, 4) is 0 Å². The van der Waals surface area contributed by atoms with Crippen LogP contribution in [-0.2, 0) is 24.0 Å². The maximum absolute atomic E-state index is 12.8. The van der Waals surface area contributed by atoms with Crippen LogP contribution in [0, 0.1) is 0 Å². The predicted molar refractivity (Wildman–Crippen MR) is 122 cm³/mol. The number of hydrogen-bond donors (Lipinski definition) is 2. The molecule has 2 aliphatic rings. The normalized spacial score (nSPS) is 18.3. The number of amides is 4. The fourth-order valence-electron chi connectivity index (χ4n) is 3.56. The lowest BCUT2D eigenvalue weighted by atomic mass is 10.1. The van der Waals surface area contributed by atoms with Crippen molar-refractivity contribution in [3.05, 3.63) is 35.9 Å². The van der Waals surface area contributed by atoms with Gasteiger partial charge in [0.2, 0.25) is 5.91 Å². The van der Waals surface area contributed by atoms with E-state index >= 15 is 0 Å². The van der Waals surface area contributed by atoms with Gasteiger partial charge in [0.15, 0.2) is 0 Å². The second-order valence-electron chi connectivity index (χ2n) is 7.96. The predicted octanol–water partition coefficient (Wildman–Crippen LogP) is -0.114. The highest BCUT2D eigenvalue weighted by Gasteiger charge is 2.41. The monoisotopic (exact) mass is 487 g/mol. The van der Waals surface area contributed by atoms with Crippen LogP contribution < -0.4 is 10.7 Å². The summed E-state index contributed by atoms with van der Waals surface area (Å²) in [5.74, 6) is -2.06. The number of likely N-dealkylation sites (N-methyl/N-ethyl adjacent to an activating group) is 1. The Bertz CT molecular complexity index is 968. The Balaban J connectivity index is 0.000000410. The zero-order valence-electron chi connectivity index (χ0n) is 19.6. The summed E-state index contributed by atoms with van der Waals surface area (Å²) in [5.41, 5.74) is 2.45. The number of Topliss-reactive ketones (excluding diaryl/α,β-unsaturated/α-hetero) is 2. The van der Waals surface area contributed by atoms with E-state index in [1.54, 1.807) is 25.2 Å². The molecular weight excluding hydrogens is 458 g/mol. The van der Waals surface area contributed by atoms with Gasteiger partial charge in [-0.15, -0.1) is 0 Å². The number of fused-ring (bicyclic) bond motifs is 1. The second kappa shape index (κ2) is 13.1. The van der Waals surface area contributed by atoms with Crippen molar-refractivity contribution in [2.24, 2.45) is 0 Å². The smallest absolute Gasteiger partial charge is 0.310 e. The molecule has 2 aliphatic heterocycles. The first kappa shape index (κ1) is 27.3. The molecule has 0 saturated carbocycles. The minimum Gasteiger partial charge on any atom is -0.310 e. The van der Waals surface area contributed by atoms with Crippen LogP contribution in [0.2, 0.25) is 0 Å². The van der Waals surface area contributed by atoms with Crippen molar-refractivity contribution in [1.82, 2.24) is 25.8 Å². The summed E-state index contributed by atoms with van der Waals surface area (Å²) in [6, 6.07) is 6.15. The summed E-state index contributed by atoms with van der Waals surface area (Å²) >= 11 is 0. The number of nitrogens with zero attached hydrogens (tertiary/aromatic N) is 3. The highest BCUT2D eigenvalue weighted by atomic mass is 16.2. The Kier molecular flexibility index (Phi) is 10.2. The molecule has 0 aliphatic carbocycles. The summed E-state index contributed by atoms with van der Waals surface area (Å²) in [4.78, 5) is 81.2. The molecule has 0 radical (unpaired) electrons. The number of ketones is 2. The molecule has 2 saturated heterocycles. The lowest BCUT2D eigenvalue weighted by Crippen LogP contribution is -2.61. The summed E-state index contributed by atoms with van der Waals surface area (Å²) in [6.45, 7) is 1.72. The Morgan fingerprint density at radius 3 is 2.34 bits per heavy atom. The van der Waals surface area contributed by atoms with Crippen LogP contribution in [0.25, 0.3) is 0 Å². The summed E-state index contributed by atoms with van der Waals surface area (Å²) in [5, 5.41) is 5.93. The molecule has 1 aromatic carbocycles. The minimum absolute atomic E-state index is 0.0202. The van der Waals surface area contributed by atoms with Crippen LogP contribution in [-0.4, -0.2) is 89.2 Å². The van der Waals surface area contributed by atoms with Gasteiger partial charge >= 0.3 is 11.9 Å². The fraction of sp³-hybridized carbons (Fsp3) is 0.435. The topological polar surface area (TPSA) is 153 Å². The molecule has 0 bridgehead atoms. The number of urea groups is 1. The molecule has 0 unspecified atom stereocenters. The number of rotatable bonds is 8. The Morgan fingerprint density at radius 1 is 1.11 bits per heavy atom. The van der Waals surface area contributed by atoms with Crippen LogP contribution in [0.5, 0.6) is 0 Å². The van der Waals surface area contributed by atoms with Crippen molar-refractivity contribution < 1.29 is 33.6 Å². The number of aldehydes is 2. The van der Waals surface area contributed by atoms with Gasteiger partial charge in [0.25, 0.3) is 5.78 Å². The first-order valence-electron chi connectivity index (χ1n) is 11.1. The van der Waals surface area contributed by atoms with Gasteiger partial charge in [-0.3, -0.25) is 24.6 Å². The quantitative estimate of drug-likeness (QED) is 0.292. The zero-order valence-corrected chi connectivity index (χ0v) is 19.6. The van der Waals surface area contributed by atoms with Gasteiger partial charge in [-0.1, -0.05) is 30.3 Å². The maximum Gasteiger partial charge on any atom is 0.358 e. The van der Waals surface area contributed by atoms with E-state index < -0.39 is 23.8 Å². The molecule has 2 heterocycles. The van der Waals surface area contributed by atoms with Crippen molar-refractivity contribution in [2.45, 2.75) is 44.7 Å². The van der Waals surface area contributed by atoms with Gasteiger partial charge in [-0.2, -0.15) is 0 Å². The molecule has 2 N–H and O–H groups in total. The number of nitrogens with one attached hydrogen (secondary N) is 2. The molecule has 2 atom stereocenters. The van der Waals surface area contributed by atoms with Crippen molar-refractivity contribution in [1.29, 1.82) is 0 Å². The van der Waals surface area contributed by atoms with Crippen molar-refractivity contribution >= 4 is 42.0 Å². The van der Waals surface area contributed by atoms with Gasteiger partial charge in [0.05, 0.1) is 12.6 Å². The van der Waals surface area contributed by atoms with Gasteiger partial charge in [0, 0.05) is 24.9 Å². The average molecular weight is 488 g/mol. The highest BCUT2D eigenvalue weighted by molar-refractivity contribution is 6.42. The van der Waals surface area contributed by atoms with Crippen LogP contribution in [0.4, 0.5) is 4.79 Å². The summed E-state index contributed by atoms with van der Waals surface area (Å²) < 4.78 is 0. The number of hydrazine groups is 2. The second-order valence-corrected chi connectivity index (χ2v) is 7.96. The molecule has 188 valence electrons. The number of hydrogen-bond acceptors (Lipinski definition) is 8. The van der Waals surface area contributed by atoms with Crippen LogP contribution in [0.3, 0.4) is 0 Å². The van der Waals surface area contributed by atoms with E-state index in [-0.39, 0.29) is 36.3 Å². The largest absolute Gasteiger partial charge is 0.358 e. The van der Waals surface area contributed by atoms with E-state index in [1.165, 1.54) is 24.1 Å². The minimum atomic E-state index is -0.981. The maximum atomic E-state index is 12.8. The SMILES string of the molecule is CN[C@H](C=O)CC(C)=O.O=C[C@@H]1CCCN2C(=O)CCN(NC(=O)C(=O)c3ccccc3)C(=O)N12. The molecule has 4 amide bonds. The van der Waals surface area contributed by atoms with E-state index in [4.69, 9.17) is 0 Å². The van der Waals surface area contributed by atoms with E-state index in [2.05, 4.69) is 10.7 Å². The van der Waals surface area contributed by atoms with Crippen LogP contribution in [0.15, 0.2) is 30.3 Å². The molecule has 0 aromatic heterocycles. The van der Waals surface area contributed by atoms with E-state index in [0.717, 1.165) is 16.3 Å². The van der Waals surface area contributed by atoms with E-state index in [1.807, 2.05) is 0 Å². The van der Waals surface area contributed by atoms with Gasteiger partial charge < -0.3 is 14.9 Å². The van der Waals surface area contributed by atoms with Crippen LogP contribution in [0.1, 0.15) is 43.0 Å². The summed E-state index contributed by atoms with van der Waals surface area (Å²) in [6.07, 6.45) is 2.66. The Morgan fingerprint density at radius 2 is 1.80 bits per heavy atom. The Labute approximate surface area is 202 Å². The van der Waals surface area contributed by atoms with Gasteiger partial charge in [0.1, 0.15) is 24.4 Å². The molecule has 1 aromatic rings. The van der Waals surface area contributed by atoms with Gasteiger partial charge in [-0.05, 0) is 26.8 Å². The molecular formula is C23H29N5O7. The van der Waals surface area contributed by atoms with E-state index in [9.17, 15) is 33.6 Å². The zero-order chi connectivity index (χ0) is 26.0. The number of benzene rings is 1. The van der Waals surface area contributed by atoms with E-state index in [0.29, 0.717) is 32.1 Å². The highest BCUT2D eigenvalue weighted by Crippen LogP contribution is 2.22. The molecule has 35 heavy (non-hydrogen) atoms. The van der Waals surface area contributed by atoms with Gasteiger partial charge in [-0.25, -0.2) is 19.8 Å². The molecule has 0 spiro atoms. The lowest BCUT2D eigenvalue weighted by Gasteiger charge is -2.41. The first-order chi connectivity index (χ1) is 16.7. The number of carbonyl (C=O) groups excluding carboxylic acids is 7.